The van der Waals surface area contributed by atoms with Crippen LogP contribution in [0.15, 0.2) is 54.6 Å². The molecule has 0 bridgehead atoms. The number of alkyl halides is 3. The molecule has 2 rings (SSSR count). The Bertz CT molecular complexity index is 646. The maximum atomic E-state index is 11.4. The smallest absolute Gasteiger partial charge is 0.426 e. The standard InChI is InChI=1S/C16H15Cl3N2O3/c17-16(18,19)11-24-15(22)21-20-13-6-8-14(9-7-13)23-10-12-4-2-1-3-5-12/h1-9,20H,10-11H2,(H,21,22). The highest BCUT2D eigenvalue weighted by atomic mass is 35.6. The molecule has 5 nitrogen and oxygen atoms in total. The van der Waals surface area contributed by atoms with E-state index in [0.717, 1.165) is 5.56 Å². The van der Waals surface area contributed by atoms with Crippen molar-refractivity contribution in [2.75, 3.05) is 12.0 Å². The molecule has 8 heteroatoms. The second kappa shape index (κ2) is 8.87. The molecule has 0 aliphatic heterocycles. The Hall–Kier alpha value is -1.82. The van der Waals surface area contributed by atoms with Crippen molar-refractivity contribution in [3.63, 3.8) is 0 Å². The van der Waals surface area contributed by atoms with E-state index in [0.29, 0.717) is 18.0 Å². The van der Waals surface area contributed by atoms with E-state index in [1.165, 1.54) is 0 Å². The zero-order valence-corrected chi connectivity index (χ0v) is 14.7. The van der Waals surface area contributed by atoms with Crippen molar-refractivity contribution in [2.45, 2.75) is 10.4 Å². The monoisotopic (exact) mass is 388 g/mol. The highest BCUT2D eigenvalue weighted by molar-refractivity contribution is 6.67. The first kappa shape index (κ1) is 18.5. The molecule has 2 aromatic rings. The fourth-order valence-electron chi connectivity index (χ4n) is 1.68. The minimum absolute atomic E-state index is 0.350. The van der Waals surface area contributed by atoms with Crippen molar-refractivity contribution in [1.82, 2.24) is 5.43 Å². The molecular formula is C16H15Cl3N2O3. The van der Waals surface area contributed by atoms with Gasteiger partial charge in [0.1, 0.15) is 19.0 Å². The molecule has 0 aliphatic carbocycles. The van der Waals surface area contributed by atoms with Crippen molar-refractivity contribution >= 4 is 46.6 Å². The van der Waals surface area contributed by atoms with Gasteiger partial charge in [-0.15, -0.1) is 0 Å². The number of hydrogen-bond acceptors (Lipinski definition) is 4. The third-order valence-electron chi connectivity index (χ3n) is 2.78. The molecule has 0 atom stereocenters. The minimum Gasteiger partial charge on any atom is -0.489 e. The first-order valence-electron chi connectivity index (χ1n) is 6.95. The lowest BCUT2D eigenvalue weighted by Gasteiger charge is -2.13. The topological polar surface area (TPSA) is 59.6 Å². The van der Waals surface area contributed by atoms with E-state index in [9.17, 15) is 4.79 Å². The lowest BCUT2D eigenvalue weighted by molar-refractivity contribution is 0.150. The predicted octanol–water partition coefficient (Wildman–Crippen LogP) is 4.69. The summed E-state index contributed by atoms with van der Waals surface area (Å²) in [5, 5.41) is 0. The number of halogens is 3. The van der Waals surface area contributed by atoms with E-state index in [4.69, 9.17) is 44.3 Å². The average molecular weight is 390 g/mol. The Kier molecular flexibility index (Phi) is 6.85. The molecule has 0 unspecified atom stereocenters. The van der Waals surface area contributed by atoms with Gasteiger partial charge in [-0.1, -0.05) is 65.1 Å². The van der Waals surface area contributed by atoms with Crippen LogP contribution in [0.4, 0.5) is 10.5 Å². The number of rotatable bonds is 6. The van der Waals surface area contributed by atoms with Gasteiger partial charge in [0.05, 0.1) is 5.69 Å². The second-order valence-electron chi connectivity index (χ2n) is 4.74. The summed E-state index contributed by atoms with van der Waals surface area (Å²) >= 11 is 16.4. The van der Waals surface area contributed by atoms with Crippen LogP contribution in [0.1, 0.15) is 5.56 Å². The highest BCUT2D eigenvalue weighted by Gasteiger charge is 2.21. The molecule has 1 amide bonds. The summed E-state index contributed by atoms with van der Waals surface area (Å²) in [5.41, 5.74) is 6.72. The van der Waals surface area contributed by atoms with Crippen LogP contribution in [0.5, 0.6) is 5.75 Å². The summed E-state index contributed by atoms with van der Waals surface area (Å²) in [6.45, 7) is 0.132. The maximum absolute atomic E-state index is 11.4. The third-order valence-corrected chi connectivity index (χ3v) is 3.11. The van der Waals surface area contributed by atoms with E-state index in [1.54, 1.807) is 24.3 Å². The zero-order valence-electron chi connectivity index (χ0n) is 12.5. The summed E-state index contributed by atoms with van der Waals surface area (Å²) in [7, 11) is 0. The number of ether oxygens (including phenoxy) is 2. The molecule has 128 valence electrons. The zero-order chi connectivity index (χ0) is 17.4. The van der Waals surface area contributed by atoms with Gasteiger partial charge in [-0.2, -0.15) is 0 Å². The van der Waals surface area contributed by atoms with Crippen molar-refractivity contribution in [1.29, 1.82) is 0 Å². The molecule has 0 saturated carbocycles. The lowest BCUT2D eigenvalue weighted by atomic mass is 10.2. The van der Waals surface area contributed by atoms with Gasteiger partial charge in [-0.25, -0.2) is 10.2 Å². The van der Waals surface area contributed by atoms with Crippen LogP contribution in [-0.2, 0) is 11.3 Å². The van der Waals surface area contributed by atoms with Crippen molar-refractivity contribution in [2.24, 2.45) is 0 Å². The van der Waals surface area contributed by atoms with Crippen LogP contribution in [-0.4, -0.2) is 16.5 Å². The Labute approximate surface area is 154 Å². The van der Waals surface area contributed by atoms with Crippen LogP contribution >= 0.6 is 34.8 Å². The van der Waals surface area contributed by atoms with Gasteiger partial charge in [-0.3, -0.25) is 5.43 Å². The molecule has 0 saturated heterocycles. The predicted molar refractivity (Wildman–Crippen MR) is 95.6 cm³/mol. The van der Waals surface area contributed by atoms with Crippen molar-refractivity contribution < 1.29 is 14.3 Å². The summed E-state index contributed by atoms with van der Waals surface area (Å²) in [6, 6.07) is 16.9. The second-order valence-corrected chi connectivity index (χ2v) is 7.26. The summed E-state index contributed by atoms with van der Waals surface area (Å²) in [5.74, 6) is 0.711. The molecule has 2 N–H and O–H groups in total. The molecule has 2 aromatic carbocycles. The summed E-state index contributed by atoms with van der Waals surface area (Å²) in [6.07, 6.45) is -0.759. The minimum atomic E-state index is -1.64. The van der Waals surface area contributed by atoms with Gasteiger partial charge in [0.25, 0.3) is 0 Å². The summed E-state index contributed by atoms with van der Waals surface area (Å²) in [4.78, 5) is 11.4. The third kappa shape index (κ3) is 7.17. The Morgan fingerprint density at radius 3 is 2.29 bits per heavy atom. The van der Waals surface area contributed by atoms with E-state index in [1.807, 2.05) is 30.3 Å². The van der Waals surface area contributed by atoms with Crippen molar-refractivity contribution in [3.05, 3.63) is 60.2 Å². The highest BCUT2D eigenvalue weighted by Crippen LogP contribution is 2.25. The summed E-state index contributed by atoms with van der Waals surface area (Å²) < 4.78 is 8.73. The Morgan fingerprint density at radius 2 is 1.67 bits per heavy atom. The number of hydrazine groups is 1. The maximum Gasteiger partial charge on any atom is 0.426 e. The van der Waals surface area contributed by atoms with Crippen LogP contribution in [0.25, 0.3) is 0 Å². The van der Waals surface area contributed by atoms with Gasteiger partial charge in [0.15, 0.2) is 0 Å². The van der Waals surface area contributed by atoms with E-state index >= 15 is 0 Å². The first-order chi connectivity index (χ1) is 11.4. The quantitative estimate of drug-likeness (QED) is 0.556. The van der Waals surface area contributed by atoms with E-state index in [-0.39, 0.29) is 6.61 Å². The molecule has 0 radical (unpaired) electrons. The van der Waals surface area contributed by atoms with E-state index in [2.05, 4.69) is 10.9 Å². The Morgan fingerprint density at radius 1 is 1.00 bits per heavy atom. The Balaban J connectivity index is 1.74. The number of hydrogen-bond donors (Lipinski definition) is 2. The van der Waals surface area contributed by atoms with E-state index < -0.39 is 9.89 Å². The fraction of sp³-hybridized carbons (Fsp3) is 0.188. The SMILES string of the molecule is O=C(NNc1ccc(OCc2ccccc2)cc1)OCC(Cl)(Cl)Cl. The van der Waals surface area contributed by atoms with Gasteiger partial charge < -0.3 is 9.47 Å². The number of carbonyl (C=O) groups excluding carboxylic acids is 1. The lowest BCUT2D eigenvalue weighted by Crippen LogP contribution is -2.32. The number of amides is 1. The molecule has 24 heavy (non-hydrogen) atoms. The van der Waals surface area contributed by atoms with Crippen LogP contribution < -0.4 is 15.6 Å². The molecule has 0 fully saturated rings. The molecule has 0 spiro atoms. The number of anilines is 1. The number of benzene rings is 2. The largest absolute Gasteiger partial charge is 0.489 e. The van der Waals surface area contributed by atoms with Crippen molar-refractivity contribution in [3.8, 4) is 5.75 Å². The van der Waals surface area contributed by atoms with Crippen LogP contribution in [0.2, 0.25) is 0 Å². The van der Waals surface area contributed by atoms with Gasteiger partial charge >= 0.3 is 6.09 Å². The molecular weight excluding hydrogens is 375 g/mol. The van der Waals surface area contributed by atoms with Gasteiger partial charge in [-0.05, 0) is 29.8 Å². The molecule has 0 heterocycles. The van der Waals surface area contributed by atoms with Gasteiger partial charge in [0, 0.05) is 0 Å². The number of carbonyl (C=O) groups is 1. The average Bonchev–Trinajstić information content (AvgIpc) is 2.57. The number of nitrogens with one attached hydrogen (secondary N) is 2. The normalized spacial score (nSPS) is 10.8. The van der Waals surface area contributed by atoms with Gasteiger partial charge in [0.2, 0.25) is 3.79 Å². The van der Waals surface area contributed by atoms with Crippen LogP contribution in [0.3, 0.4) is 0 Å². The molecule has 0 aromatic heterocycles. The molecule has 0 aliphatic rings. The van der Waals surface area contributed by atoms with Crippen LogP contribution in [0, 0.1) is 0 Å². The first-order valence-corrected chi connectivity index (χ1v) is 8.08. The fourth-order valence-corrected chi connectivity index (χ4v) is 1.85.